The number of carbonyl (C=O) groups is 2. The molecular formula is C17H19F3N2O2. The standard InChI is InChI=1S/C17H19F3N2O2/c1-21-13-8-4-5-9-14(13)22(10-15(21)23)16(24)11-6-2-3-7-12(11)17(18,19)20/h4-5,8-9,11-12H,2-3,6-7,10H2,1H3/t11-,12+/m0/s1. The van der Waals surface area contributed by atoms with Crippen LogP contribution < -0.4 is 9.80 Å². The summed E-state index contributed by atoms with van der Waals surface area (Å²) in [5, 5.41) is 0. The molecule has 130 valence electrons. The predicted molar refractivity (Wildman–Crippen MR) is 83.7 cm³/mol. The fraction of sp³-hybridized carbons (Fsp3) is 0.529. The molecule has 3 rings (SSSR count). The van der Waals surface area contributed by atoms with Crippen LogP contribution in [-0.4, -0.2) is 31.6 Å². The van der Waals surface area contributed by atoms with E-state index in [9.17, 15) is 22.8 Å². The van der Waals surface area contributed by atoms with Gasteiger partial charge in [0.1, 0.15) is 6.54 Å². The van der Waals surface area contributed by atoms with Gasteiger partial charge in [-0.15, -0.1) is 0 Å². The van der Waals surface area contributed by atoms with Gasteiger partial charge in [0.15, 0.2) is 0 Å². The van der Waals surface area contributed by atoms with E-state index in [0.29, 0.717) is 24.2 Å². The summed E-state index contributed by atoms with van der Waals surface area (Å²) in [5.74, 6) is -3.63. The van der Waals surface area contributed by atoms with Crippen LogP contribution in [-0.2, 0) is 9.59 Å². The van der Waals surface area contributed by atoms with Gasteiger partial charge in [-0.05, 0) is 25.0 Å². The maximum absolute atomic E-state index is 13.3. The molecule has 1 aromatic carbocycles. The van der Waals surface area contributed by atoms with Crippen LogP contribution in [0.1, 0.15) is 25.7 Å². The second kappa shape index (κ2) is 6.11. The lowest BCUT2D eigenvalue weighted by molar-refractivity contribution is -0.197. The van der Waals surface area contributed by atoms with Crippen LogP contribution in [0, 0.1) is 11.8 Å². The Labute approximate surface area is 138 Å². The zero-order valence-electron chi connectivity index (χ0n) is 13.3. The zero-order valence-corrected chi connectivity index (χ0v) is 13.3. The number of amides is 2. The van der Waals surface area contributed by atoms with Gasteiger partial charge in [0.25, 0.3) is 0 Å². The van der Waals surface area contributed by atoms with E-state index in [1.165, 1.54) is 9.80 Å². The third-order valence-corrected chi connectivity index (χ3v) is 4.97. The third-order valence-electron chi connectivity index (χ3n) is 4.97. The summed E-state index contributed by atoms with van der Waals surface area (Å²) in [6.07, 6.45) is -3.12. The maximum Gasteiger partial charge on any atom is 0.392 e. The van der Waals surface area contributed by atoms with Gasteiger partial charge in [0, 0.05) is 13.0 Å². The zero-order chi connectivity index (χ0) is 17.5. The molecule has 0 aromatic heterocycles. The predicted octanol–water partition coefficient (Wildman–Crippen LogP) is 3.36. The van der Waals surface area contributed by atoms with Crippen LogP contribution in [0.3, 0.4) is 0 Å². The van der Waals surface area contributed by atoms with Crippen LogP contribution >= 0.6 is 0 Å². The van der Waals surface area contributed by atoms with Crippen molar-refractivity contribution in [1.29, 1.82) is 0 Å². The van der Waals surface area contributed by atoms with Crippen molar-refractivity contribution < 1.29 is 22.8 Å². The van der Waals surface area contributed by atoms with E-state index in [-0.39, 0.29) is 25.3 Å². The molecular weight excluding hydrogens is 321 g/mol. The van der Waals surface area contributed by atoms with E-state index in [0.717, 1.165) is 0 Å². The number of anilines is 2. The second-order valence-corrected chi connectivity index (χ2v) is 6.40. The van der Waals surface area contributed by atoms with Crippen molar-refractivity contribution in [2.45, 2.75) is 31.9 Å². The molecule has 4 nitrogen and oxygen atoms in total. The topological polar surface area (TPSA) is 40.6 Å². The SMILES string of the molecule is CN1C(=O)CN(C(=O)[C@H]2CCCC[C@H]2C(F)(F)F)c2ccccc21. The minimum absolute atomic E-state index is 0.0246. The lowest BCUT2D eigenvalue weighted by Gasteiger charge is -2.39. The van der Waals surface area contributed by atoms with E-state index in [2.05, 4.69) is 0 Å². The fourth-order valence-electron chi connectivity index (χ4n) is 3.65. The van der Waals surface area contributed by atoms with Crippen molar-refractivity contribution in [3.05, 3.63) is 24.3 Å². The number of likely N-dealkylation sites (N-methyl/N-ethyl adjacent to an activating group) is 1. The van der Waals surface area contributed by atoms with Crippen molar-refractivity contribution in [2.24, 2.45) is 11.8 Å². The van der Waals surface area contributed by atoms with Gasteiger partial charge in [0.05, 0.1) is 17.3 Å². The van der Waals surface area contributed by atoms with E-state index < -0.39 is 23.9 Å². The first-order valence-electron chi connectivity index (χ1n) is 8.04. The Hall–Kier alpha value is -2.05. The molecule has 2 amide bonds. The van der Waals surface area contributed by atoms with Gasteiger partial charge < -0.3 is 9.80 Å². The highest BCUT2D eigenvalue weighted by atomic mass is 19.4. The molecule has 0 bridgehead atoms. The summed E-state index contributed by atoms with van der Waals surface area (Å²) in [4.78, 5) is 27.7. The van der Waals surface area contributed by atoms with Crippen molar-refractivity contribution in [2.75, 3.05) is 23.4 Å². The molecule has 24 heavy (non-hydrogen) atoms. The minimum Gasteiger partial charge on any atom is -0.312 e. The molecule has 1 aromatic rings. The summed E-state index contributed by atoms with van der Waals surface area (Å²) >= 11 is 0. The largest absolute Gasteiger partial charge is 0.392 e. The smallest absolute Gasteiger partial charge is 0.312 e. The van der Waals surface area contributed by atoms with Crippen LogP contribution in [0.4, 0.5) is 24.5 Å². The first-order chi connectivity index (χ1) is 11.3. The Bertz CT molecular complexity index is 659. The molecule has 7 heteroatoms. The average molecular weight is 340 g/mol. The highest BCUT2D eigenvalue weighted by Crippen LogP contribution is 2.43. The van der Waals surface area contributed by atoms with Gasteiger partial charge in [-0.1, -0.05) is 25.0 Å². The summed E-state index contributed by atoms with van der Waals surface area (Å²) in [6.45, 7) is -0.215. The Kier molecular flexibility index (Phi) is 4.27. The molecule has 0 spiro atoms. The van der Waals surface area contributed by atoms with Crippen LogP contribution in [0.15, 0.2) is 24.3 Å². The van der Waals surface area contributed by atoms with Gasteiger partial charge in [-0.25, -0.2) is 0 Å². The number of hydrogen-bond donors (Lipinski definition) is 0. The molecule has 1 heterocycles. The number of nitrogens with zero attached hydrogens (tertiary/aromatic N) is 2. The van der Waals surface area contributed by atoms with E-state index in [1.807, 2.05) is 0 Å². The highest BCUT2D eigenvalue weighted by Gasteiger charge is 2.49. The number of rotatable bonds is 1. The Morgan fingerprint density at radius 3 is 2.42 bits per heavy atom. The van der Waals surface area contributed by atoms with Crippen molar-refractivity contribution in [3.63, 3.8) is 0 Å². The van der Waals surface area contributed by atoms with Gasteiger partial charge in [0.2, 0.25) is 11.8 Å². The summed E-state index contributed by atoms with van der Waals surface area (Å²) in [5.41, 5.74) is 1.04. The van der Waals surface area contributed by atoms with Crippen LogP contribution in [0.2, 0.25) is 0 Å². The Morgan fingerprint density at radius 2 is 1.75 bits per heavy atom. The van der Waals surface area contributed by atoms with Crippen LogP contribution in [0.5, 0.6) is 0 Å². The van der Waals surface area contributed by atoms with Crippen molar-refractivity contribution in [1.82, 2.24) is 0 Å². The number of hydrogen-bond acceptors (Lipinski definition) is 2. The van der Waals surface area contributed by atoms with E-state index in [1.54, 1.807) is 31.3 Å². The Balaban J connectivity index is 1.94. The summed E-state index contributed by atoms with van der Waals surface area (Å²) < 4.78 is 39.9. The quantitative estimate of drug-likeness (QED) is 0.786. The lowest BCUT2D eigenvalue weighted by atomic mass is 9.77. The normalized spacial score (nSPS) is 24.8. The first-order valence-corrected chi connectivity index (χ1v) is 8.04. The van der Waals surface area contributed by atoms with E-state index >= 15 is 0 Å². The lowest BCUT2D eigenvalue weighted by Crippen LogP contribution is -2.51. The number of fused-ring (bicyclic) bond motifs is 1. The molecule has 2 atom stereocenters. The number of carbonyl (C=O) groups excluding carboxylic acids is 2. The number of halogens is 3. The van der Waals surface area contributed by atoms with Gasteiger partial charge in [-0.2, -0.15) is 13.2 Å². The monoisotopic (exact) mass is 340 g/mol. The summed E-state index contributed by atoms with van der Waals surface area (Å²) in [7, 11) is 1.60. The number of alkyl halides is 3. The molecule has 0 saturated heterocycles. The molecule has 0 radical (unpaired) electrons. The second-order valence-electron chi connectivity index (χ2n) is 6.40. The number of benzene rings is 1. The molecule has 0 unspecified atom stereocenters. The fourth-order valence-corrected chi connectivity index (χ4v) is 3.65. The molecule has 1 saturated carbocycles. The highest BCUT2D eigenvalue weighted by molar-refractivity contribution is 6.11. The molecule has 1 fully saturated rings. The maximum atomic E-state index is 13.3. The minimum atomic E-state index is -4.39. The average Bonchev–Trinajstić information content (AvgIpc) is 2.57. The molecule has 2 aliphatic rings. The van der Waals surface area contributed by atoms with Crippen molar-refractivity contribution in [3.8, 4) is 0 Å². The first kappa shape index (κ1) is 16.8. The summed E-state index contributed by atoms with van der Waals surface area (Å²) in [6, 6.07) is 6.80. The van der Waals surface area contributed by atoms with Crippen LogP contribution in [0.25, 0.3) is 0 Å². The molecule has 0 N–H and O–H groups in total. The van der Waals surface area contributed by atoms with Gasteiger partial charge in [-0.3, -0.25) is 9.59 Å². The van der Waals surface area contributed by atoms with Crippen molar-refractivity contribution >= 4 is 23.2 Å². The molecule has 1 aliphatic carbocycles. The molecule has 1 aliphatic heterocycles. The van der Waals surface area contributed by atoms with Gasteiger partial charge >= 0.3 is 6.18 Å². The third kappa shape index (κ3) is 2.87. The Morgan fingerprint density at radius 1 is 1.12 bits per heavy atom. The van der Waals surface area contributed by atoms with E-state index in [4.69, 9.17) is 0 Å². The number of para-hydroxylation sites is 2.